The number of carbonyl (C=O) groups excluding carboxylic acids is 2. The van der Waals surface area contributed by atoms with Crippen LogP contribution < -0.4 is 10.5 Å². The van der Waals surface area contributed by atoms with E-state index in [1.54, 1.807) is 26.2 Å². The minimum atomic E-state index is -0.281. The Hall–Kier alpha value is -1.88. The second kappa shape index (κ2) is 6.72. The molecular formula is C16H22N2O3. The van der Waals surface area contributed by atoms with E-state index < -0.39 is 0 Å². The van der Waals surface area contributed by atoms with Crippen molar-refractivity contribution in [2.24, 2.45) is 5.73 Å². The summed E-state index contributed by atoms with van der Waals surface area (Å²) in [6.07, 6.45) is 2.87. The molecule has 114 valence electrons. The van der Waals surface area contributed by atoms with Crippen molar-refractivity contribution in [2.45, 2.75) is 38.8 Å². The quantitative estimate of drug-likeness (QED) is 0.838. The molecule has 2 N–H and O–H groups in total. The summed E-state index contributed by atoms with van der Waals surface area (Å²) >= 11 is 0. The van der Waals surface area contributed by atoms with Crippen LogP contribution in [0.25, 0.3) is 0 Å². The van der Waals surface area contributed by atoms with Crippen LogP contribution in [-0.4, -0.2) is 36.3 Å². The van der Waals surface area contributed by atoms with E-state index in [1.165, 1.54) is 0 Å². The lowest BCUT2D eigenvalue weighted by Crippen LogP contribution is -2.47. The number of hydrogen-bond acceptors (Lipinski definition) is 4. The maximum atomic E-state index is 11.6. The molecule has 0 radical (unpaired) electrons. The Morgan fingerprint density at radius 1 is 1.38 bits per heavy atom. The Balaban J connectivity index is 2.25. The molecular weight excluding hydrogens is 268 g/mol. The number of Topliss-reactive ketones (excluding diaryl/α,β-unsaturated/α-hetero) is 1. The molecule has 0 aromatic heterocycles. The largest absolute Gasteiger partial charge is 0.496 e. The van der Waals surface area contributed by atoms with E-state index in [-0.39, 0.29) is 17.7 Å². The molecule has 0 bridgehead atoms. The number of benzene rings is 1. The van der Waals surface area contributed by atoms with Crippen molar-refractivity contribution < 1.29 is 14.3 Å². The van der Waals surface area contributed by atoms with E-state index in [2.05, 4.69) is 4.90 Å². The van der Waals surface area contributed by atoms with Crippen LogP contribution in [-0.2, 0) is 11.3 Å². The molecule has 1 aromatic carbocycles. The van der Waals surface area contributed by atoms with Gasteiger partial charge >= 0.3 is 0 Å². The van der Waals surface area contributed by atoms with Gasteiger partial charge in [0.05, 0.1) is 13.2 Å². The Bertz CT molecular complexity index is 542. The third kappa shape index (κ3) is 3.61. The van der Waals surface area contributed by atoms with Crippen molar-refractivity contribution in [2.75, 3.05) is 13.7 Å². The van der Waals surface area contributed by atoms with Gasteiger partial charge in [0.25, 0.3) is 0 Å². The summed E-state index contributed by atoms with van der Waals surface area (Å²) < 4.78 is 5.36. The smallest absolute Gasteiger partial charge is 0.234 e. The number of primary amides is 1. The van der Waals surface area contributed by atoms with Crippen LogP contribution in [0.3, 0.4) is 0 Å². The molecule has 1 atom stereocenters. The van der Waals surface area contributed by atoms with Gasteiger partial charge in [0.15, 0.2) is 5.78 Å². The van der Waals surface area contributed by atoms with Crippen molar-refractivity contribution in [3.05, 3.63) is 29.3 Å². The van der Waals surface area contributed by atoms with E-state index in [0.717, 1.165) is 37.1 Å². The number of nitrogens with zero attached hydrogens (tertiary/aromatic N) is 1. The van der Waals surface area contributed by atoms with Crippen LogP contribution >= 0.6 is 0 Å². The van der Waals surface area contributed by atoms with Gasteiger partial charge in [-0.15, -0.1) is 0 Å². The van der Waals surface area contributed by atoms with Gasteiger partial charge < -0.3 is 10.5 Å². The molecule has 1 fully saturated rings. The molecule has 1 aromatic rings. The molecule has 1 saturated heterocycles. The first-order valence-corrected chi connectivity index (χ1v) is 7.24. The van der Waals surface area contributed by atoms with E-state index in [1.807, 2.05) is 6.07 Å². The van der Waals surface area contributed by atoms with Gasteiger partial charge in [0.1, 0.15) is 5.75 Å². The van der Waals surface area contributed by atoms with E-state index >= 15 is 0 Å². The lowest BCUT2D eigenvalue weighted by Gasteiger charge is -2.33. The molecule has 1 amide bonds. The molecule has 0 aliphatic carbocycles. The van der Waals surface area contributed by atoms with Gasteiger partial charge in [0.2, 0.25) is 5.91 Å². The average Bonchev–Trinajstić information content (AvgIpc) is 2.47. The number of likely N-dealkylation sites (tertiary alicyclic amines) is 1. The van der Waals surface area contributed by atoms with Gasteiger partial charge in [-0.25, -0.2) is 0 Å². The molecule has 5 nitrogen and oxygen atoms in total. The average molecular weight is 290 g/mol. The predicted molar refractivity (Wildman–Crippen MR) is 80.2 cm³/mol. The van der Waals surface area contributed by atoms with Gasteiger partial charge in [-0.1, -0.05) is 6.42 Å². The molecule has 0 saturated carbocycles. The highest BCUT2D eigenvalue weighted by Gasteiger charge is 2.27. The molecule has 0 unspecified atom stereocenters. The molecule has 1 aliphatic heterocycles. The van der Waals surface area contributed by atoms with Crippen LogP contribution in [0.2, 0.25) is 0 Å². The summed E-state index contributed by atoms with van der Waals surface area (Å²) in [6, 6.07) is 5.17. The Morgan fingerprint density at radius 2 is 2.14 bits per heavy atom. The fraction of sp³-hybridized carbons (Fsp3) is 0.500. The number of amides is 1. The highest BCUT2D eigenvalue weighted by atomic mass is 16.5. The molecule has 1 heterocycles. The van der Waals surface area contributed by atoms with Crippen LogP contribution in [0.1, 0.15) is 42.1 Å². The van der Waals surface area contributed by atoms with Crippen molar-refractivity contribution >= 4 is 11.7 Å². The minimum absolute atomic E-state index is 0.0176. The fourth-order valence-corrected chi connectivity index (χ4v) is 2.84. The van der Waals surface area contributed by atoms with Crippen molar-refractivity contribution in [1.82, 2.24) is 4.90 Å². The molecule has 2 rings (SSSR count). The maximum absolute atomic E-state index is 11.6. The van der Waals surface area contributed by atoms with E-state index in [4.69, 9.17) is 10.5 Å². The first-order valence-electron chi connectivity index (χ1n) is 7.24. The second-order valence-corrected chi connectivity index (χ2v) is 5.47. The zero-order valence-electron chi connectivity index (χ0n) is 12.6. The summed E-state index contributed by atoms with van der Waals surface area (Å²) in [5.41, 5.74) is 7.06. The summed E-state index contributed by atoms with van der Waals surface area (Å²) in [7, 11) is 1.61. The zero-order valence-corrected chi connectivity index (χ0v) is 12.6. The van der Waals surface area contributed by atoms with Crippen molar-refractivity contribution in [1.29, 1.82) is 0 Å². The minimum Gasteiger partial charge on any atom is -0.496 e. The number of ketones is 1. The SMILES string of the molecule is COc1ccc(C(C)=O)cc1CN1CCCC[C@H]1C(N)=O. The monoisotopic (exact) mass is 290 g/mol. The summed E-state index contributed by atoms with van der Waals surface area (Å²) in [5, 5.41) is 0. The fourth-order valence-electron chi connectivity index (χ4n) is 2.84. The molecule has 0 spiro atoms. The Kier molecular flexibility index (Phi) is 4.96. The van der Waals surface area contributed by atoms with Crippen LogP contribution in [0.5, 0.6) is 5.75 Å². The van der Waals surface area contributed by atoms with Gasteiger partial charge in [-0.2, -0.15) is 0 Å². The lowest BCUT2D eigenvalue weighted by molar-refractivity contribution is -0.124. The standard InChI is InChI=1S/C16H22N2O3/c1-11(19)12-6-7-15(21-2)13(9-12)10-18-8-4-3-5-14(18)16(17)20/h6-7,9,14H,3-5,8,10H2,1-2H3,(H2,17,20)/t14-/m0/s1. The molecule has 1 aliphatic rings. The third-order valence-electron chi connectivity index (χ3n) is 4.00. The Morgan fingerprint density at radius 3 is 2.76 bits per heavy atom. The number of ether oxygens (including phenoxy) is 1. The highest BCUT2D eigenvalue weighted by Crippen LogP contribution is 2.25. The predicted octanol–water partition coefficient (Wildman–Crippen LogP) is 1.74. The number of piperidine rings is 1. The van der Waals surface area contributed by atoms with Crippen molar-refractivity contribution in [3.8, 4) is 5.75 Å². The number of nitrogens with two attached hydrogens (primary N) is 1. The van der Waals surface area contributed by atoms with Crippen LogP contribution in [0.15, 0.2) is 18.2 Å². The first-order chi connectivity index (χ1) is 10.0. The number of carbonyl (C=O) groups is 2. The number of methoxy groups -OCH3 is 1. The molecule has 5 heteroatoms. The van der Waals surface area contributed by atoms with Crippen LogP contribution in [0, 0.1) is 0 Å². The number of hydrogen-bond donors (Lipinski definition) is 1. The van der Waals surface area contributed by atoms with Gasteiger partial charge in [-0.3, -0.25) is 14.5 Å². The van der Waals surface area contributed by atoms with Gasteiger partial charge in [0, 0.05) is 17.7 Å². The summed E-state index contributed by atoms with van der Waals surface area (Å²) in [6.45, 7) is 2.94. The lowest BCUT2D eigenvalue weighted by atomic mass is 9.99. The Labute approximate surface area is 125 Å². The zero-order chi connectivity index (χ0) is 15.4. The van der Waals surface area contributed by atoms with Gasteiger partial charge in [-0.05, 0) is 44.5 Å². The highest BCUT2D eigenvalue weighted by molar-refractivity contribution is 5.94. The van der Waals surface area contributed by atoms with Crippen molar-refractivity contribution in [3.63, 3.8) is 0 Å². The number of rotatable bonds is 5. The molecule has 21 heavy (non-hydrogen) atoms. The van der Waals surface area contributed by atoms with E-state index in [9.17, 15) is 9.59 Å². The topological polar surface area (TPSA) is 72.6 Å². The summed E-state index contributed by atoms with van der Waals surface area (Å²) in [5.74, 6) is 0.467. The third-order valence-corrected chi connectivity index (χ3v) is 4.00. The first kappa shape index (κ1) is 15.5. The summed E-state index contributed by atoms with van der Waals surface area (Å²) in [4.78, 5) is 25.2. The van der Waals surface area contributed by atoms with Crippen LogP contribution in [0.4, 0.5) is 0 Å². The normalized spacial score (nSPS) is 19.2. The second-order valence-electron chi connectivity index (χ2n) is 5.47. The van der Waals surface area contributed by atoms with E-state index in [0.29, 0.717) is 12.1 Å². The maximum Gasteiger partial charge on any atom is 0.234 e.